The van der Waals surface area contributed by atoms with Crippen LogP contribution in [0.15, 0.2) is 48.7 Å². The lowest BCUT2D eigenvalue weighted by Crippen LogP contribution is -2.36. The maximum Gasteiger partial charge on any atom is 0.187 e. The second kappa shape index (κ2) is 7.91. The monoisotopic (exact) mass is 381 g/mol. The summed E-state index contributed by atoms with van der Waals surface area (Å²) in [5.41, 5.74) is 7.00. The third kappa shape index (κ3) is 3.51. The molecular formula is C17H18Cl2FN5. The summed E-state index contributed by atoms with van der Waals surface area (Å²) in [7, 11) is 0. The summed E-state index contributed by atoms with van der Waals surface area (Å²) in [4.78, 5) is 4.33. The van der Waals surface area contributed by atoms with Crippen LogP contribution in [0.4, 0.5) is 4.39 Å². The van der Waals surface area contributed by atoms with Crippen molar-refractivity contribution in [3.63, 3.8) is 0 Å². The lowest BCUT2D eigenvalue weighted by atomic mass is 9.80. The molecule has 8 heteroatoms. The van der Waals surface area contributed by atoms with Crippen molar-refractivity contribution in [2.24, 2.45) is 5.73 Å². The zero-order chi connectivity index (χ0) is 15.8. The molecule has 1 saturated carbocycles. The van der Waals surface area contributed by atoms with Gasteiger partial charge in [-0.25, -0.2) is 4.39 Å². The van der Waals surface area contributed by atoms with Crippen molar-refractivity contribution in [1.29, 1.82) is 0 Å². The third-order valence-electron chi connectivity index (χ3n) is 4.22. The molecule has 0 bridgehead atoms. The van der Waals surface area contributed by atoms with E-state index in [-0.39, 0.29) is 42.6 Å². The Balaban J connectivity index is 0.00000113. The number of benzene rings is 1. The molecule has 1 aliphatic rings. The molecule has 25 heavy (non-hydrogen) atoms. The molecule has 1 fully saturated rings. The molecule has 0 amide bonds. The summed E-state index contributed by atoms with van der Waals surface area (Å²) in [6.45, 7) is 0. The Hall–Kier alpha value is -2.02. The van der Waals surface area contributed by atoms with Gasteiger partial charge in [0, 0.05) is 18.2 Å². The van der Waals surface area contributed by atoms with Crippen LogP contribution in [-0.4, -0.2) is 25.8 Å². The Morgan fingerprint density at radius 3 is 2.36 bits per heavy atom. The molecule has 132 valence electrons. The van der Waals surface area contributed by atoms with Crippen LogP contribution < -0.4 is 5.73 Å². The van der Waals surface area contributed by atoms with Crippen LogP contribution in [0.3, 0.4) is 0 Å². The average Bonchev–Trinajstić information content (AvgIpc) is 2.97. The van der Waals surface area contributed by atoms with Gasteiger partial charge in [0.15, 0.2) is 5.82 Å². The van der Waals surface area contributed by atoms with E-state index in [1.807, 2.05) is 18.2 Å². The van der Waals surface area contributed by atoms with Gasteiger partial charge in [0.05, 0.1) is 5.69 Å². The van der Waals surface area contributed by atoms with Crippen LogP contribution in [0.5, 0.6) is 0 Å². The van der Waals surface area contributed by atoms with E-state index in [1.165, 1.54) is 6.07 Å². The van der Waals surface area contributed by atoms with E-state index in [1.54, 1.807) is 29.0 Å². The predicted octanol–water partition coefficient (Wildman–Crippen LogP) is 3.52. The Bertz CT molecular complexity index is 834. The van der Waals surface area contributed by atoms with Gasteiger partial charge in [-0.05, 0) is 37.1 Å². The summed E-state index contributed by atoms with van der Waals surface area (Å²) in [5, 5.41) is 8.59. The van der Waals surface area contributed by atoms with Crippen LogP contribution in [-0.2, 0) is 0 Å². The summed E-state index contributed by atoms with van der Waals surface area (Å²) < 4.78 is 16.1. The van der Waals surface area contributed by atoms with Crippen molar-refractivity contribution >= 4 is 24.8 Å². The third-order valence-corrected chi connectivity index (χ3v) is 4.22. The number of para-hydroxylation sites is 1. The second-order valence-corrected chi connectivity index (χ2v) is 5.81. The van der Waals surface area contributed by atoms with Gasteiger partial charge in [0.25, 0.3) is 0 Å². The first-order chi connectivity index (χ1) is 11.2. The lowest BCUT2D eigenvalue weighted by Gasteiger charge is -2.31. The molecule has 5 nitrogen and oxygen atoms in total. The zero-order valence-electron chi connectivity index (χ0n) is 13.2. The SMILES string of the molecule is Cl.Cl.NC1CC(c2nnc(-c3ccccn3)n2-c2ccccc2F)C1. The van der Waals surface area contributed by atoms with Crippen LogP contribution in [0.2, 0.25) is 0 Å². The van der Waals surface area contributed by atoms with Gasteiger partial charge in [0.2, 0.25) is 0 Å². The largest absolute Gasteiger partial charge is 0.328 e. The summed E-state index contributed by atoms with van der Waals surface area (Å²) in [6, 6.07) is 12.4. The highest BCUT2D eigenvalue weighted by atomic mass is 35.5. The highest BCUT2D eigenvalue weighted by Gasteiger charge is 2.33. The van der Waals surface area contributed by atoms with Crippen molar-refractivity contribution in [2.45, 2.75) is 24.8 Å². The Morgan fingerprint density at radius 1 is 1.00 bits per heavy atom. The number of hydrogen-bond acceptors (Lipinski definition) is 4. The van der Waals surface area contributed by atoms with Gasteiger partial charge < -0.3 is 5.73 Å². The van der Waals surface area contributed by atoms with E-state index < -0.39 is 0 Å². The van der Waals surface area contributed by atoms with Crippen LogP contribution in [0.1, 0.15) is 24.6 Å². The smallest absolute Gasteiger partial charge is 0.187 e. The number of halogens is 3. The first-order valence-electron chi connectivity index (χ1n) is 7.61. The molecule has 3 aromatic rings. The second-order valence-electron chi connectivity index (χ2n) is 5.81. The molecule has 2 N–H and O–H groups in total. The minimum Gasteiger partial charge on any atom is -0.328 e. The van der Waals surface area contributed by atoms with Crippen molar-refractivity contribution in [3.05, 3.63) is 60.3 Å². The maximum absolute atomic E-state index is 14.4. The number of hydrogen-bond donors (Lipinski definition) is 1. The van der Waals surface area contributed by atoms with Crippen LogP contribution in [0, 0.1) is 5.82 Å². The summed E-state index contributed by atoms with van der Waals surface area (Å²) in [5.74, 6) is 1.19. The van der Waals surface area contributed by atoms with E-state index in [4.69, 9.17) is 5.73 Å². The molecule has 0 aliphatic heterocycles. The van der Waals surface area contributed by atoms with Crippen molar-refractivity contribution in [1.82, 2.24) is 19.7 Å². The predicted molar refractivity (Wildman–Crippen MR) is 99.0 cm³/mol. The van der Waals surface area contributed by atoms with Crippen molar-refractivity contribution in [2.75, 3.05) is 0 Å². The van der Waals surface area contributed by atoms with Crippen LogP contribution in [0.25, 0.3) is 17.2 Å². The molecule has 0 saturated heterocycles. The fraction of sp³-hybridized carbons (Fsp3) is 0.235. The minimum absolute atomic E-state index is 0. The average molecular weight is 382 g/mol. The highest BCUT2D eigenvalue weighted by Crippen LogP contribution is 2.37. The van der Waals surface area contributed by atoms with E-state index in [9.17, 15) is 4.39 Å². The van der Waals surface area contributed by atoms with E-state index in [0.717, 1.165) is 18.7 Å². The Labute approximate surface area is 157 Å². The molecule has 2 aromatic heterocycles. The van der Waals surface area contributed by atoms with E-state index >= 15 is 0 Å². The van der Waals surface area contributed by atoms with Crippen molar-refractivity contribution < 1.29 is 4.39 Å². The maximum atomic E-state index is 14.4. The lowest BCUT2D eigenvalue weighted by molar-refractivity contribution is 0.334. The van der Waals surface area contributed by atoms with Gasteiger partial charge >= 0.3 is 0 Å². The molecule has 2 heterocycles. The number of rotatable bonds is 3. The minimum atomic E-state index is -0.311. The molecule has 4 rings (SSSR count). The fourth-order valence-electron chi connectivity index (χ4n) is 2.96. The molecule has 1 aliphatic carbocycles. The number of nitrogens with two attached hydrogens (primary N) is 1. The van der Waals surface area contributed by atoms with Crippen LogP contribution >= 0.6 is 24.8 Å². The first-order valence-corrected chi connectivity index (χ1v) is 7.61. The Kier molecular flexibility index (Phi) is 6.11. The standard InChI is InChI=1S/C17H16FN5.2ClH/c18-13-5-1-2-7-15(13)23-16(11-9-12(19)10-11)21-22-17(23)14-6-3-4-8-20-14;;/h1-8,11-12H,9-10,19H2;2*1H. The normalized spacial score (nSPS) is 18.6. The van der Waals surface area contributed by atoms with Crippen molar-refractivity contribution in [3.8, 4) is 17.2 Å². The number of pyridine rings is 1. The summed E-state index contributed by atoms with van der Waals surface area (Å²) >= 11 is 0. The van der Waals surface area contributed by atoms with Gasteiger partial charge in [0.1, 0.15) is 17.3 Å². The molecule has 0 unspecified atom stereocenters. The van der Waals surface area contributed by atoms with E-state index in [2.05, 4.69) is 15.2 Å². The number of aromatic nitrogens is 4. The Morgan fingerprint density at radius 2 is 1.72 bits per heavy atom. The number of nitrogens with zero attached hydrogens (tertiary/aromatic N) is 4. The first kappa shape index (κ1) is 19.3. The van der Waals surface area contributed by atoms with Gasteiger partial charge in [-0.3, -0.25) is 9.55 Å². The quantitative estimate of drug-likeness (QED) is 0.753. The molecule has 0 spiro atoms. The topological polar surface area (TPSA) is 69.6 Å². The molecule has 1 aromatic carbocycles. The van der Waals surface area contributed by atoms with Gasteiger partial charge in [-0.2, -0.15) is 0 Å². The van der Waals surface area contributed by atoms with Gasteiger partial charge in [-0.1, -0.05) is 18.2 Å². The molecule has 0 atom stereocenters. The fourth-order valence-corrected chi connectivity index (χ4v) is 2.96. The summed E-state index contributed by atoms with van der Waals surface area (Å²) in [6.07, 6.45) is 3.37. The molecule has 0 radical (unpaired) electrons. The van der Waals surface area contributed by atoms with Gasteiger partial charge in [-0.15, -0.1) is 35.0 Å². The highest BCUT2D eigenvalue weighted by molar-refractivity contribution is 5.85. The molecular weight excluding hydrogens is 364 g/mol. The van der Waals surface area contributed by atoms with E-state index in [0.29, 0.717) is 17.2 Å². The zero-order valence-corrected chi connectivity index (χ0v) is 14.9.